The van der Waals surface area contributed by atoms with Gasteiger partial charge in [-0.2, -0.15) is 0 Å². The number of anilines is 1. The van der Waals surface area contributed by atoms with Gasteiger partial charge in [0.15, 0.2) is 5.11 Å². The van der Waals surface area contributed by atoms with Crippen molar-refractivity contribution in [1.82, 2.24) is 9.88 Å². The first-order chi connectivity index (χ1) is 19.9. The van der Waals surface area contributed by atoms with Crippen LogP contribution in [0, 0.1) is 0 Å². The number of hydrogen-bond donors (Lipinski definition) is 1. The Labute approximate surface area is 252 Å². The molecule has 0 unspecified atom stereocenters. The van der Waals surface area contributed by atoms with E-state index in [1.165, 1.54) is 4.90 Å². The van der Waals surface area contributed by atoms with Gasteiger partial charge in [-0.25, -0.2) is 0 Å². The van der Waals surface area contributed by atoms with Gasteiger partial charge >= 0.3 is 0 Å². The van der Waals surface area contributed by atoms with Crippen LogP contribution in [-0.4, -0.2) is 21.5 Å². The van der Waals surface area contributed by atoms with E-state index in [0.717, 1.165) is 28.2 Å². The zero-order valence-electron chi connectivity index (χ0n) is 21.4. The highest BCUT2D eigenvalue weighted by Gasteiger charge is 2.35. The lowest BCUT2D eigenvalue weighted by Crippen LogP contribution is -2.54. The first-order valence-electron chi connectivity index (χ1n) is 12.7. The second-order valence-electron chi connectivity index (χ2n) is 9.31. The second-order valence-corrected chi connectivity index (χ2v) is 10.6. The molecule has 0 saturated carbocycles. The van der Waals surface area contributed by atoms with Gasteiger partial charge in [0.1, 0.15) is 5.57 Å². The van der Waals surface area contributed by atoms with Crippen LogP contribution in [0.4, 0.5) is 5.69 Å². The van der Waals surface area contributed by atoms with Crippen LogP contribution in [0.25, 0.3) is 34.3 Å². The number of rotatable bonds is 5. The maximum atomic E-state index is 13.8. The fourth-order valence-electron chi connectivity index (χ4n) is 4.85. The molecule has 5 nitrogen and oxygen atoms in total. The number of aromatic nitrogens is 1. The van der Waals surface area contributed by atoms with Crippen molar-refractivity contribution in [1.29, 1.82) is 0 Å². The second kappa shape index (κ2) is 11.2. The summed E-state index contributed by atoms with van der Waals surface area (Å²) in [5, 5.41) is 3.81. The molecule has 0 atom stereocenters. The van der Waals surface area contributed by atoms with Crippen LogP contribution in [0.5, 0.6) is 0 Å². The molecule has 1 fully saturated rings. The number of carbonyl (C=O) groups excluding carboxylic acids is 2. The van der Waals surface area contributed by atoms with E-state index in [2.05, 4.69) is 9.88 Å². The van der Waals surface area contributed by atoms with E-state index < -0.39 is 11.8 Å². The molecule has 1 aliphatic heterocycles. The summed E-state index contributed by atoms with van der Waals surface area (Å²) in [4.78, 5) is 28.3. The number of nitrogens with one attached hydrogen (secondary N) is 1. The first-order valence-corrected chi connectivity index (χ1v) is 13.9. The molecule has 0 radical (unpaired) electrons. The van der Waals surface area contributed by atoms with Crippen LogP contribution in [0.15, 0.2) is 121 Å². The Morgan fingerprint density at radius 3 is 1.80 bits per heavy atom. The van der Waals surface area contributed by atoms with Gasteiger partial charge < -0.3 is 4.57 Å². The number of amides is 2. The highest BCUT2D eigenvalue weighted by atomic mass is 35.5. The molecule has 2 heterocycles. The number of carbonyl (C=O) groups is 2. The molecular weight excluding hydrogens is 573 g/mol. The fourth-order valence-corrected chi connectivity index (χ4v) is 5.38. The number of nitrogens with zero attached hydrogens (tertiary/aromatic N) is 2. The SMILES string of the molecule is O=C1NC(=S)N(c2ccc(Cl)cc2)C(=O)/C1=C/c1cc(-c2ccccc2)n(-c2ccc(Cl)cc2)c1-c1ccccc1. The summed E-state index contributed by atoms with van der Waals surface area (Å²) >= 11 is 17.7. The molecule has 1 aromatic heterocycles. The highest BCUT2D eigenvalue weighted by molar-refractivity contribution is 7.80. The van der Waals surface area contributed by atoms with Gasteiger partial charge in [-0.1, -0.05) is 83.9 Å². The van der Waals surface area contributed by atoms with Gasteiger partial charge in [-0.3, -0.25) is 19.8 Å². The van der Waals surface area contributed by atoms with E-state index in [4.69, 9.17) is 35.4 Å². The smallest absolute Gasteiger partial charge is 0.270 e. The molecule has 1 saturated heterocycles. The third-order valence-electron chi connectivity index (χ3n) is 6.72. The van der Waals surface area contributed by atoms with Crippen molar-refractivity contribution in [2.24, 2.45) is 0 Å². The minimum Gasteiger partial charge on any atom is -0.309 e. The third kappa shape index (κ3) is 5.21. The zero-order valence-corrected chi connectivity index (χ0v) is 23.8. The number of thiocarbonyl (C=S) groups is 1. The van der Waals surface area contributed by atoms with Crippen molar-refractivity contribution in [3.05, 3.63) is 136 Å². The Hall–Kier alpha value is -4.49. The average molecular weight is 595 g/mol. The monoisotopic (exact) mass is 593 g/mol. The van der Waals surface area contributed by atoms with Gasteiger partial charge in [0, 0.05) is 21.3 Å². The Balaban J connectivity index is 1.59. The van der Waals surface area contributed by atoms with Crippen LogP contribution in [0.3, 0.4) is 0 Å². The molecular formula is C33H21Cl2N3O2S. The molecule has 2 amide bonds. The summed E-state index contributed by atoms with van der Waals surface area (Å²) in [6.07, 6.45) is 1.63. The van der Waals surface area contributed by atoms with E-state index >= 15 is 0 Å². The minimum absolute atomic E-state index is 0.00599. The maximum Gasteiger partial charge on any atom is 0.270 e. The summed E-state index contributed by atoms with van der Waals surface area (Å²) < 4.78 is 2.11. The van der Waals surface area contributed by atoms with Crippen molar-refractivity contribution in [3.8, 4) is 28.2 Å². The van der Waals surface area contributed by atoms with Crippen molar-refractivity contribution < 1.29 is 9.59 Å². The largest absolute Gasteiger partial charge is 0.309 e. The van der Waals surface area contributed by atoms with E-state index in [-0.39, 0.29) is 10.7 Å². The lowest BCUT2D eigenvalue weighted by molar-refractivity contribution is -0.122. The molecule has 0 spiro atoms. The Bertz CT molecular complexity index is 1810. The number of hydrogen-bond acceptors (Lipinski definition) is 3. The van der Waals surface area contributed by atoms with E-state index in [0.29, 0.717) is 21.3 Å². The summed E-state index contributed by atoms with van der Waals surface area (Å²) in [7, 11) is 0. The zero-order chi connectivity index (χ0) is 28.5. The van der Waals surface area contributed by atoms with Gasteiger partial charge in [0.2, 0.25) is 0 Å². The van der Waals surface area contributed by atoms with Gasteiger partial charge in [0.05, 0.1) is 17.1 Å². The van der Waals surface area contributed by atoms with Crippen molar-refractivity contribution in [2.75, 3.05) is 4.90 Å². The quantitative estimate of drug-likeness (QED) is 0.128. The predicted octanol–water partition coefficient (Wildman–Crippen LogP) is 7.95. The first kappa shape index (κ1) is 26.7. The Morgan fingerprint density at radius 1 is 0.683 bits per heavy atom. The van der Waals surface area contributed by atoms with Crippen molar-refractivity contribution in [3.63, 3.8) is 0 Å². The molecule has 4 aromatic carbocycles. The van der Waals surface area contributed by atoms with Crippen LogP contribution < -0.4 is 10.2 Å². The van der Waals surface area contributed by atoms with Gasteiger partial charge in [0.25, 0.3) is 11.8 Å². The van der Waals surface area contributed by atoms with E-state index in [1.807, 2.05) is 91.0 Å². The molecule has 41 heavy (non-hydrogen) atoms. The molecule has 8 heteroatoms. The average Bonchev–Trinajstić information content (AvgIpc) is 3.36. The molecule has 6 rings (SSSR count). The fraction of sp³-hybridized carbons (Fsp3) is 0. The van der Waals surface area contributed by atoms with E-state index in [9.17, 15) is 9.59 Å². The molecule has 1 N–H and O–H groups in total. The normalized spacial score (nSPS) is 14.4. The molecule has 5 aromatic rings. The standard InChI is InChI=1S/C33H21Cl2N3O2S/c34-24-11-15-26(16-12-24)37-29(21-7-3-1-4-8-21)20-23(30(37)22-9-5-2-6-10-22)19-28-31(39)36-33(41)38(32(28)40)27-17-13-25(35)14-18-27/h1-20H,(H,36,39,41)/b28-19+. The number of halogens is 2. The molecule has 200 valence electrons. The van der Waals surface area contributed by atoms with Crippen molar-refractivity contribution in [2.45, 2.75) is 0 Å². The topological polar surface area (TPSA) is 54.3 Å². The maximum absolute atomic E-state index is 13.8. The summed E-state index contributed by atoms with van der Waals surface area (Å²) in [5.74, 6) is -1.09. The molecule has 0 aliphatic carbocycles. The molecule has 0 bridgehead atoms. The van der Waals surface area contributed by atoms with Crippen LogP contribution >= 0.6 is 35.4 Å². The Morgan fingerprint density at radius 2 is 1.22 bits per heavy atom. The van der Waals surface area contributed by atoms with Crippen LogP contribution in [-0.2, 0) is 9.59 Å². The van der Waals surface area contributed by atoms with Crippen LogP contribution in [0.2, 0.25) is 10.0 Å². The van der Waals surface area contributed by atoms with Gasteiger partial charge in [-0.05, 0) is 84.0 Å². The molecule has 1 aliphatic rings. The third-order valence-corrected chi connectivity index (χ3v) is 7.51. The minimum atomic E-state index is -0.565. The predicted molar refractivity (Wildman–Crippen MR) is 169 cm³/mol. The van der Waals surface area contributed by atoms with Crippen LogP contribution in [0.1, 0.15) is 5.56 Å². The summed E-state index contributed by atoms with van der Waals surface area (Å²) in [5.41, 5.74) is 5.59. The van der Waals surface area contributed by atoms with Gasteiger partial charge in [-0.15, -0.1) is 0 Å². The number of benzene rings is 4. The highest BCUT2D eigenvalue weighted by Crippen LogP contribution is 2.38. The summed E-state index contributed by atoms with van der Waals surface area (Å²) in [6.45, 7) is 0. The Kier molecular flexibility index (Phi) is 7.28. The lowest BCUT2D eigenvalue weighted by Gasteiger charge is -2.29. The van der Waals surface area contributed by atoms with Crippen molar-refractivity contribution >= 4 is 64.1 Å². The lowest BCUT2D eigenvalue weighted by atomic mass is 10.0. The van der Waals surface area contributed by atoms with E-state index in [1.54, 1.807) is 30.3 Å². The summed E-state index contributed by atoms with van der Waals surface area (Å²) in [6, 6.07) is 36.0.